The first-order valence-electron chi connectivity index (χ1n) is 8.07. The van der Waals surface area contributed by atoms with Crippen molar-refractivity contribution in [1.29, 1.82) is 0 Å². The minimum atomic E-state index is -4.40. The van der Waals surface area contributed by atoms with Gasteiger partial charge in [0.05, 0.1) is 12.3 Å². The second-order valence-electron chi connectivity index (χ2n) is 6.04. The molecule has 0 heterocycles. The third kappa shape index (κ3) is 5.78. The van der Waals surface area contributed by atoms with Crippen LogP contribution in [0.2, 0.25) is 0 Å². The van der Waals surface area contributed by atoms with E-state index in [1.165, 1.54) is 50.5 Å². The van der Waals surface area contributed by atoms with E-state index in [0.29, 0.717) is 5.56 Å². The fraction of sp³-hybridized carbons (Fsp3) is 0.278. The van der Waals surface area contributed by atoms with Gasteiger partial charge in [0.15, 0.2) is 0 Å². The van der Waals surface area contributed by atoms with E-state index in [4.69, 9.17) is 0 Å². The molecule has 10 heteroatoms. The molecule has 0 aliphatic rings. The minimum absolute atomic E-state index is 0.0504. The Balaban J connectivity index is 2.10. The molecule has 1 amide bonds. The Morgan fingerprint density at radius 2 is 1.68 bits per heavy atom. The fourth-order valence-corrected chi connectivity index (χ4v) is 3.26. The summed E-state index contributed by atoms with van der Waals surface area (Å²) in [4.78, 5) is 12.4. The van der Waals surface area contributed by atoms with E-state index in [-0.39, 0.29) is 22.8 Å². The van der Waals surface area contributed by atoms with Crippen molar-refractivity contribution >= 4 is 21.6 Å². The van der Waals surface area contributed by atoms with E-state index in [1.807, 2.05) is 0 Å². The predicted molar refractivity (Wildman–Crippen MR) is 97.4 cm³/mol. The zero-order valence-corrected chi connectivity index (χ0v) is 16.0. The van der Waals surface area contributed by atoms with Crippen LogP contribution >= 0.6 is 0 Å². The predicted octanol–water partition coefficient (Wildman–Crippen LogP) is 3.27. The number of hydrogen-bond acceptors (Lipinski definition) is 4. The highest BCUT2D eigenvalue weighted by Crippen LogP contribution is 2.24. The van der Waals surface area contributed by atoms with Crippen LogP contribution in [-0.4, -0.2) is 45.5 Å². The number of para-hydroxylation sites is 1. The van der Waals surface area contributed by atoms with Crippen molar-refractivity contribution in [2.45, 2.75) is 17.7 Å². The molecule has 0 aromatic heterocycles. The zero-order chi connectivity index (χ0) is 20.9. The summed E-state index contributed by atoms with van der Waals surface area (Å²) in [6.45, 7) is -1.60. The van der Waals surface area contributed by atoms with Crippen LogP contribution in [0.15, 0.2) is 53.4 Å². The number of anilines is 1. The van der Waals surface area contributed by atoms with Gasteiger partial charge in [-0.2, -0.15) is 13.2 Å². The van der Waals surface area contributed by atoms with Gasteiger partial charge in [-0.3, -0.25) is 4.79 Å². The van der Waals surface area contributed by atoms with Gasteiger partial charge in [0.25, 0.3) is 5.91 Å². The largest absolute Gasteiger partial charge is 0.411 e. The zero-order valence-electron chi connectivity index (χ0n) is 15.2. The van der Waals surface area contributed by atoms with Gasteiger partial charge in [0, 0.05) is 19.7 Å². The molecule has 0 unspecified atom stereocenters. The summed E-state index contributed by atoms with van der Waals surface area (Å²) >= 11 is 0. The van der Waals surface area contributed by atoms with E-state index >= 15 is 0 Å². The molecule has 0 fully saturated rings. The number of benzene rings is 2. The van der Waals surface area contributed by atoms with Gasteiger partial charge in [-0.15, -0.1) is 0 Å². The van der Waals surface area contributed by atoms with E-state index in [0.717, 1.165) is 4.31 Å². The first-order valence-corrected chi connectivity index (χ1v) is 9.51. The smallest absolute Gasteiger partial charge is 0.367 e. The van der Waals surface area contributed by atoms with Gasteiger partial charge < -0.3 is 10.1 Å². The maximum Gasteiger partial charge on any atom is 0.411 e. The molecular weight excluding hydrogens is 397 g/mol. The van der Waals surface area contributed by atoms with Gasteiger partial charge in [-0.05, 0) is 29.8 Å². The highest BCUT2D eigenvalue weighted by atomic mass is 32.2. The van der Waals surface area contributed by atoms with Crippen molar-refractivity contribution < 1.29 is 31.1 Å². The van der Waals surface area contributed by atoms with Gasteiger partial charge in [0.1, 0.15) is 11.5 Å². The Morgan fingerprint density at radius 1 is 1.07 bits per heavy atom. The van der Waals surface area contributed by atoms with Crippen molar-refractivity contribution in [2.24, 2.45) is 0 Å². The summed E-state index contributed by atoms with van der Waals surface area (Å²) in [5.41, 5.74) is 0.812. The van der Waals surface area contributed by atoms with E-state index in [9.17, 15) is 26.4 Å². The number of halogens is 3. The normalized spacial score (nSPS) is 12.2. The second kappa shape index (κ2) is 8.72. The van der Waals surface area contributed by atoms with Gasteiger partial charge in [0.2, 0.25) is 10.0 Å². The van der Waals surface area contributed by atoms with Crippen molar-refractivity contribution in [3.05, 3.63) is 59.7 Å². The second-order valence-corrected chi connectivity index (χ2v) is 8.16. The first-order chi connectivity index (χ1) is 13.0. The van der Waals surface area contributed by atoms with E-state index < -0.39 is 28.7 Å². The molecule has 6 nitrogen and oxygen atoms in total. The standard InChI is InChI=1S/C18H19F3N2O4S/c1-23(2)28(25,26)16-6-4-3-5-15(16)22-17(24)14-9-7-13(8-10-14)11-27-12-18(19,20)21/h3-10H,11-12H2,1-2H3,(H,22,24). The van der Waals surface area contributed by atoms with Crippen molar-refractivity contribution in [1.82, 2.24) is 4.31 Å². The Morgan fingerprint density at radius 3 is 2.25 bits per heavy atom. The minimum Gasteiger partial charge on any atom is -0.367 e. The van der Waals surface area contributed by atoms with Crippen LogP contribution in [0.25, 0.3) is 0 Å². The topological polar surface area (TPSA) is 75.7 Å². The Hall–Kier alpha value is -2.43. The van der Waals surface area contributed by atoms with E-state index in [1.54, 1.807) is 12.1 Å². The number of nitrogens with zero attached hydrogens (tertiary/aromatic N) is 1. The van der Waals surface area contributed by atoms with Crippen LogP contribution in [0.3, 0.4) is 0 Å². The molecular formula is C18H19F3N2O4S. The van der Waals surface area contributed by atoms with Crippen LogP contribution in [-0.2, 0) is 21.4 Å². The molecule has 0 radical (unpaired) electrons. The van der Waals surface area contributed by atoms with Crippen LogP contribution in [0.4, 0.5) is 18.9 Å². The van der Waals surface area contributed by atoms with Gasteiger partial charge in [-0.1, -0.05) is 24.3 Å². The molecule has 28 heavy (non-hydrogen) atoms. The molecule has 0 saturated heterocycles. The Labute approximate surface area is 161 Å². The van der Waals surface area contributed by atoms with Gasteiger partial charge >= 0.3 is 6.18 Å². The Bertz CT molecular complexity index is 927. The molecule has 2 rings (SSSR count). The summed E-state index contributed by atoms with van der Waals surface area (Å²) < 4.78 is 66.6. The van der Waals surface area contributed by atoms with Crippen LogP contribution in [0.1, 0.15) is 15.9 Å². The SMILES string of the molecule is CN(C)S(=O)(=O)c1ccccc1NC(=O)c1ccc(COCC(F)(F)F)cc1. The summed E-state index contributed by atoms with van der Waals surface area (Å²) in [6.07, 6.45) is -4.40. The molecule has 2 aromatic rings. The molecule has 152 valence electrons. The summed E-state index contributed by atoms with van der Waals surface area (Å²) in [5.74, 6) is -0.552. The van der Waals surface area contributed by atoms with Crippen LogP contribution in [0, 0.1) is 0 Å². The quantitative estimate of drug-likeness (QED) is 0.752. The maximum absolute atomic E-state index is 12.4. The molecule has 0 bridgehead atoms. The summed E-state index contributed by atoms with van der Waals surface area (Å²) in [5, 5.41) is 2.55. The maximum atomic E-state index is 12.4. The lowest BCUT2D eigenvalue weighted by Gasteiger charge is -2.15. The average Bonchev–Trinajstić information content (AvgIpc) is 2.61. The average molecular weight is 416 g/mol. The lowest BCUT2D eigenvalue weighted by Crippen LogP contribution is -2.24. The first kappa shape index (κ1) is 21.9. The summed E-state index contributed by atoms with van der Waals surface area (Å²) in [6, 6.07) is 11.8. The number of sulfonamides is 1. The number of nitrogens with one attached hydrogen (secondary N) is 1. The Kier molecular flexibility index (Phi) is 6.81. The molecule has 1 N–H and O–H groups in total. The number of carbonyl (C=O) groups excluding carboxylic acids is 1. The van der Waals surface area contributed by atoms with Crippen molar-refractivity contribution in [3.8, 4) is 0 Å². The number of rotatable bonds is 7. The number of amides is 1. The molecule has 0 aliphatic carbocycles. The third-order valence-corrected chi connectivity index (χ3v) is 5.52. The van der Waals surface area contributed by atoms with Crippen LogP contribution < -0.4 is 5.32 Å². The van der Waals surface area contributed by atoms with E-state index in [2.05, 4.69) is 10.1 Å². The fourth-order valence-electron chi connectivity index (χ4n) is 2.22. The number of ether oxygens (including phenoxy) is 1. The lowest BCUT2D eigenvalue weighted by atomic mass is 10.1. The molecule has 0 aliphatic heterocycles. The highest BCUT2D eigenvalue weighted by Gasteiger charge is 2.27. The number of carbonyl (C=O) groups is 1. The third-order valence-electron chi connectivity index (χ3n) is 3.64. The molecule has 0 spiro atoms. The lowest BCUT2D eigenvalue weighted by molar-refractivity contribution is -0.176. The number of hydrogen-bond donors (Lipinski definition) is 1. The molecule has 2 aromatic carbocycles. The van der Waals surface area contributed by atoms with Crippen LogP contribution in [0.5, 0.6) is 0 Å². The van der Waals surface area contributed by atoms with Crippen molar-refractivity contribution in [3.63, 3.8) is 0 Å². The monoisotopic (exact) mass is 416 g/mol. The molecule has 0 atom stereocenters. The number of alkyl halides is 3. The van der Waals surface area contributed by atoms with Crippen molar-refractivity contribution in [2.75, 3.05) is 26.0 Å². The summed E-state index contributed by atoms with van der Waals surface area (Å²) in [7, 11) is -0.989. The highest BCUT2D eigenvalue weighted by molar-refractivity contribution is 7.89. The van der Waals surface area contributed by atoms with Gasteiger partial charge in [-0.25, -0.2) is 12.7 Å². The molecule has 0 saturated carbocycles.